The Bertz CT molecular complexity index is 586. The van der Waals surface area contributed by atoms with Crippen LogP contribution in [0.1, 0.15) is 53.9 Å². The van der Waals surface area contributed by atoms with Crippen molar-refractivity contribution in [1.82, 2.24) is 15.1 Å². The number of carbonyl (C=O) groups is 2. The van der Waals surface area contributed by atoms with Gasteiger partial charge < -0.3 is 10.2 Å². The molecule has 2 heterocycles. The molecule has 3 rings (SSSR count). The van der Waals surface area contributed by atoms with E-state index in [0.29, 0.717) is 18.4 Å². The first-order valence-electron chi connectivity index (χ1n) is 9.74. The number of fused-ring (bicyclic) bond motifs is 2. The molecule has 0 aromatic carbocycles. The minimum atomic E-state index is -0.613. The second kappa shape index (κ2) is 6.61. The molecule has 1 saturated heterocycles. The summed E-state index contributed by atoms with van der Waals surface area (Å²) in [6, 6.07) is 0.116. The third-order valence-corrected chi connectivity index (χ3v) is 5.77. The van der Waals surface area contributed by atoms with Crippen molar-refractivity contribution in [3.8, 4) is 0 Å². The van der Waals surface area contributed by atoms with Crippen molar-refractivity contribution in [2.75, 3.05) is 19.6 Å². The number of likely N-dealkylation sites (tertiary alicyclic amines) is 1. The van der Waals surface area contributed by atoms with Crippen LogP contribution in [0.25, 0.3) is 0 Å². The maximum atomic E-state index is 13.3. The van der Waals surface area contributed by atoms with Gasteiger partial charge in [-0.25, -0.2) is 4.79 Å². The highest BCUT2D eigenvalue weighted by atomic mass is 16.2. The van der Waals surface area contributed by atoms with Crippen molar-refractivity contribution in [2.45, 2.75) is 65.5 Å². The van der Waals surface area contributed by atoms with Crippen LogP contribution in [0.4, 0.5) is 4.79 Å². The number of rotatable bonds is 4. The Kier molecular flexibility index (Phi) is 4.82. The first-order valence-corrected chi connectivity index (χ1v) is 9.74. The average molecular weight is 348 g/mol. The lowest BCUT2D eigenvalue weighted by molar-refractivity contribution is -0.132. The van der Waals surface area contributed by atoms with Crippen molar-refractivity contribution < 1.29 is 9.59 Å². The molecule has 3 atom stereocenters. The first kappa shape index (κ1) is 18.2. The summed E-state index contributed by atoms with van der Waals surface area (Å²) in [6.07, 6.45) is 2.60. The fraction of sp³-hybridized carbons (Fsp3) is 0.842. The van der Waals surface area contributed by atoms with Gasteiger partial charge in [0.15, 0.2) is 0 Å². The van der Waals surface area contributed by atoms with Gasteiger partial charge in [-0.1, -0.05) is 20.8 Å². The van der Waals surface area contributed by atoms with Crippen LogP contribution >= 0.6 is 0 Å². The standard InChI is InChI=1S/C19H32N4O2/c1-6-16-21-19(17(24)23(16)9-12(2)3)8-7-14-10-22(11-15(14)19)18(25)20-13(4)5/h12-15H,6-11H2,1-5H3,(H,20,25)/t14-,15+,19-/m1/s1. The normalized spacial score (nSPS) is 31.5. The molecule has 6 heteroatoms. The largest absolute Gasteiger partial charge is 0.336 e. The molecular formula is C19H32N4O2. The minimum absolute atomic E-state index is 0.0104. The zero-order chi connectivity index (χ0) is 18.4. The van der Waals surface area contributed by atoms with Gasteiger partial charge in [0.1, 0.15) is 11.4 Å². The molecule has 3 amide bonds. The summed E-state index contributed by atoms with van der Waals surface area (Å²) in [6.45, 7) is 12.4. The Labute approximate surface area is 151 Å². The van der Waals surface area contributed by atoms with Crippen LogP contribution in [0.15, 0.2) is 4.99 Å². The molecule has 0 aromatic rings. The van der Waals surface area contributed by atoms with Gasteiger partial charge in [-0.15, -0.1) is 0 Å². The van der Waals surface area contributed by atoms with Gasteiger partial charge in [0, 0.05) is 38.0 Å². The topological polar surface area (TPSA) is 65.0 Å². The molecule has 140 valence electrons. The quantitative estimate of drug-likeness (QED) is 0.848. The molecule has 25 heavy (non-hydrogen) atoms. The Morgan fingerprint density at radius 1 is 1.32 bits per heavy atom. The predicted octanol–water partition coefficient (Wildman–Crippen LogP) is 2.49. The van der Waals surface area contributed by atoms with Crippen LogP contribution in [-0.2, 0) is 4.79 Å². The number of nitrogens with one attached hydrogen (secondary N) is 1. The molecule has 1 aliphatic carbocycles. The highest BCUT2D eigenvalue weighted by Crippen LogP contribution is 2.50. The zero-order valence-electron chi connectivity index (χ0n) is 16.2. The Morgan fingerprint density at radius 3 is 2.64 bits per heavy atom. The summed E-state index contributed by atoms with van der Waals surface area (Å²) < 4.78 is 0. The maximum absolute atomic E-state index is 13.3. The average Bonchev–Trinajstić information content (AvgIpc) is 3.16. The van der Waals surface area contributed by atoms with Gasteiger partial charge >= 0.3 is 6.03 Å². The van der Waals surface area contributed by atoms with E-state index in [1.165, 1.54) is 0 Å². The predicted molar refractivity (Wildman–Crippen MR) is 98.5 cm³/mol. The van der Waals surface area contributed by atoms with Crippen LogP contribution in [0.2, 0.25) is 0 Å². The fourth-order valence-corrected chi connectivity index (χ4v) is 4.72. The highest BCUT2D eigenvalue weighted by molar-refractivity contribution is 6.08. The Hall–Kier alpha value is -1.59. The van der Waals surface area contributed by atoms with Gasteiger partial charge in [-0.3, -0.25) is 14.7 Å². The SMILES string of the molecule is CCC1=N[C@@]2(CC[C@@H]3CN(C(=O)NC(C)C)C[C@@H]32)C(=O)N1CC(C)C. The van der Waals surface area contributed by atoms with Gasteiger partial charge in [0.25, 0.3) is 5.91 Å². The summed E-state index contributed by atoms with van der Waals surface area (Å²) in [5.41, 5.74) is -0.613. The van der Waals surface area contributed by atoms with Crippen LogP contribution in [0.3, 0.4) is 0 Å². The smallest absolute Gasteiger partial charge is 0.317 e. The van der Waals surface area contributed by atoms with Crippen LogP contribution < -0.4 is 5.32 Å². The number of amidine groups is 1. The Morgan fingerprint density at radius 2 is 2.04 bits per heavy atom. The number of amides is 3. The lowest BCUT2D eigenvalue weighted by atomic mass is 9.85. The second-order valence-electron chi connectivity index (χ2n) is 8.53. The van der Waals surface area contributed by atoms with Crippen molar-refractivity contribution in [3.63, 3.8) is 0 Å². The van der Waals surface area contributed by atoms with Crippen LogP contribution in [-0.4, -0.2) is 58.8 Å². The van der Waals surface area contributed by atoms with Crippen LogP contribution in [0, 0.1) is 17.8 Å². The molecule has 3 aliphatic rings. The highest BCUT2D eigenvalue weighted by Gasteiger charge is 2.61. The second-order valence-corrected chi connectivity index (χ2v) is 8.53. The minimum Gasteiger partial charge on any atom is -0.336 e. The molecule has 2 fully saturated rings. The zero-order valence-corrected chi connectivity index (χ0v) is 16.2. The van der Waals surface area contributed by atoms with Gasteiger partial charge in [-0.2, -0.15) is 0 Å². The third-order valence-electron chi connectivity index (χ3n) is 5.77. The van der Waals surface area contributed by atoms with Gasteiger partial charge in [-0.05, 0) is 38.5 Å². The number of aliphatic imine (C=N–C) groups is 1. The summed E-state index contributed by atoms with van der Waals surface area (Å²) >= 11 is 0. The molecule has 1 N–H and O–H groups in total. The van der Waals surface area contributed by atoms with E-state index in [1.807, 2.05) is 23.6 Å². The number of hydrogen-bond donors (Lipinski definition) is 1. The van der Waals surface area contributed by atoms with E-state index in [1.54, 1.807) is 0 Å². The van der Waals surface area contributed by atoms with E-state index in [0.717, 1.165) is 38.2 Å². The lowest BCUT2D eigenvalue weighted by Crippen LogP contribution is -2.48. The number of hydrogen-bond acceptors (Lipinski definition) is 3. The molecule has 0 aromatic heterocycles. The molecule has 1 saturated carbocycles. The van der Waals surface area contributed by atoms with Crippen LogP contribution in [0.5, 0.6) is 0 Å². The van der Waals surface area contributed by atoms with E-state index >= 15 is 0 Å². The fourth-order valence-electron chi connectivity index (χ4n) is 4.72. The molecular weight excluding hydrogens is 316 g/mol. The molecule has 1 spiro atoms. The molecule has 0 unspecified atom stereocenters. The van der Waals surface area contributed by atoms with Crippen molar-refractivity contribution in [2.24, 2.45) is 22.7 Å². The first-order chi connectivity index (χ1) is 11.8. The molecule has 0 bridgehead atoms. The number of nitrogens with zero attached hydrogens (tertiary/aromatic N) is 3. The number of carbonyl (C=O) groups excluding carboxylic acids is 2. The van der Waals surface area contributed by atoms with E-state index in [4.69, 9.17) is 4.99 Å². The summed E-state index contributed by atoms with van der Waals surface area (Å²) in [7, 11) is 0. The van der Waals surface area contributed by atoms with E-state index < -0.39 is 5.54 Å². The van der Waals surface area contributed by atoms with E-state index in [2.05, 4.69) is 26.1 Å². The summed E-state index contributed by atoms with van der Waals surface area (Å²) in [4.78, 5) is 34.5. The van der Waals surface area contributed by atoms with Crippen molar-refractivity contribution >= 4 is 17.8 Å². The molecule has 0 radical (unpaired) electrons. The lowest BCUT2D eigenvalue weighted by Gasteiger charge is -2.29. The summed E-state index contributed by atoms with van der Waals surface area (Å²) in [5, 5.41) is 2.97. The van der Waals surface area contributed by atoms with E-state index in [9.17, 15) is 9.59 Å². The van der Waals surface area contributed by atoms with Gasteiger partial charge in [0.05, 0.1) is 0 Å². The summed E-state index contributed by atoms with van der Waals surface area (Å²) in [5.74, 6) is 2.09. The molecule has 2 aliphatic heterocycles. The Balaban J connectivity index is 1.80. The van der Waals surface area contributed by atoms with Crippen molar-refractivity contribution in [3.05, 3.63) is 0 Å². The van der Waals surface area contributed by atoms with E-state index in [-0.39, 0.29) is 23.9 Å². The maximum Gasteiger partial charge on any atom is 0.317 e. The van der Waals surface area contributed by atoms with Gasteiger partial charge in [0.2, 0.25) is 0 Å². The monoisotopic (exact) mass is 348 g/mol. The number of urea groups is 1. The third kappa shape index (κ3) is 3.04. The van der Waals surface area contributed by atoms with Crippen molar-refractivity contribution in [1.29, 1.82) is 0 Å². The molecule has 6 nitrogen and oxygen atoms in total.